The standard InChI is InChI=1S/C35H27F6NO3SSe/c1-20-17-28(15-16-29(20)45-19-31(43)44)46-30(32-21(2)42-33(47-32)25-9-13-27(14-10-25)35(39,40)41)18-22-3-5-23(6-4-22)24-7-11-26(12-8-24)34(36,37)38/h3-17,30H,18-19H2,1-2H3,(H,43,44). The third-order valence-corrected chi connectivity index (χ3v) is 11.6. The molecule has 1 N–H and O–H groups in total. The van der Waals surface area contributed by atoms with Gasteiger partial charge in [-0.05, 0) is 0 Å². The second kappa shape index (κ2) is 14.0. The summed E-state index contributed by atoms with van der Waals surface area (Å²) in [5.41, 5.74) is 3.17. The number of aromatic nitrogens is 1. The number of hydrogen-bond acceptors (Lipinski definition) is 4. The van der Waals surface area contributed by atoms with E-state index in [1.807, 2.05) is 50.2 Å². The van der Waals surface area contributed by atoms with Gasteiger partial charge in [0.15, 0.2) is 0 Å². The van der Waals surface area contributed by atoms with E-state index in [4.69, 9.17) is 14.8 Å². The van der Waals surface area contributed by atoms with E-state index < -0.39 is 36.1 Å². The second-order valence-corrected chi connectivity index (χ2v) is 14.2. The summed E-state index contributed by atoms with van der Waals surface area (Å²) in [5, 5.41) is 8.86. The van der Waals surface area contributed by atoms with Crippen LogP contribution in [0.4, 0.5) is 26.3 Å². The van der Waals surface area contributed by atoms with E-state index in [1.165, 1.54) is 24.3 Å². The van der Waals surface area contributed by atoms with Gasteiger partial charge in [0.1, 0.15) is 0 Å². The number of aryl methyl sites for hydroxylation is 2. The fourth-order valence-corrected chi connectivity index (χ4v) is 8.92. The van der Waals surface area contributed by atoms with Crippen LogP contribution in [-0.2, 0) is 23.6 Å². The van der Waals surface area contributed by atoms with Crippen LogP contribution < -0.4 is 4.74 Å². The second-order valence-electron chi connectivity index (χ2n) is 10.7. The van der Waals surface area contributed by atoms with Gasteiger partial charge in [-0.25, -0.2) is 0 Å². The number of carboxylic acids is 1. The molecule has 5 rings (SSSR count). The Labute approximate surface area is 277 Å². The SMILES string of the molecule is Cc1cc(SC(Cc2ccc(-c3ccc(C(F)(F)F)cc3)cc2)c2[se]c(-c3ccc(C(F)(F)F)cc3)nc2C)ccc1OCC(=O)O. The molecular weight excluding hydrogens is 707 g/mol. The molecule has 0 bridgehead atoms. The molecule has 47 heavy (non-hydrogen) atoms. The van der Waals surface area contributed by atoms with Gasteiger partial charge < -0.3 is 0 Å². The van der Waals surface area contributed by atoms with E-state index in [0.717, 1.165) is 60.6 Å². The number of thioether (sulfide) groups is 1. The first kappa shape index (κ1) is 34.3. The normalized spacial score (nSPS) is 12.6. The van der Waals surface area contributed by atoms with Crippen LogP contribution in [0.5, 0.6) is 5.75 Å². The molecule has 4 aromatic carbocycles. The molecule has 0 spiro atoms. The van der Waals surface area contributed by atoms with Crippen LogP contribution in [0.1, 0.15) is 37.6 Å². The summed E-state index contributed by atoms with van der Waals surface area (Å²) in [6, 6.07) is 23.1. The molecule has 1 atom stereocenters. The molecule has 4 nitrogen and oxygen atoms in total. The van der Waals surface area contributed by atoms with Crippen LogP contribution >= 0.6 is 11.8 Å². The predicted molar refractivity (Wildman–Crippen MR) is 170 cm³/mol. The third-order valence-electron chi connectivity index (χ3n) is 7.28. The molecular formula is C35H27F6NO3SSe. The molecule has 244 valence electrons. The number of alkyl halides is 6. The molecule has 0 saturated heterocycles. The Morgan fingerprint density at radius 1 is 0.809 bits per heavy atom. The van der Waals surface area contributed by atoms with Crippen molar-refractivity contribution in [3.8, 4) is 27.0 Å². The first-order chi connectivity index (χ1) is 22.2. The number of rotatable bonds is 10. The molecule has 0 amide bonds. The van der Waals surface area contributed by atoms with Crippen LogP contribution in [0.25, 0.3) is 21.3 Å². The van der Waals surface area contributed by atoms with E-state index in [2.05, 4.69) is 0 Å². The van der Waals surface area contributed by atoms with Gasteiger partial charge in [0.25, 0.3) is 0 Å². The fraction of sp³-hybridized carbons (Fsp3) is 0.200. The van der Waals surface area contributed by atoms with Gasteiger partial charge in [-0.3, -0.25) is 0 Å². The van der Waals surface area contributed by atoms with Gasteiger partial charge in [0, 0.05) is 0 Å². The molecule has 0 aliphatic heterocycles. The molecule has 0 radical (unpaired) electrons. The minimum absolute atomic E-state index is 0.104. The first-order valence-corrected chi connectivity index (χ1v) is 16.8. The number of benzene rings is 4. The Balaban J connectivity index is 1.43. The van der Waals surface area contributed by atoms with Gasteiger partial charge in [0.2, 0.25) is 0 Å². The Hall–Kier alpha value is -3.99. The summed E-state index contributed by atoms with van der Waals surface area (Å²) in [5.74, 6) is -0.623. The zero-order valence-corrected chi connectivity index (χ0v) is 27.5. The zero-order chi connectivity index (χ0) is 33.9. The molecule has 1 heterocycles. The first-order valence-electron chi connectivity index (χ1n) is 14.2. The van der Waals surface area contributed by atoms with E-state index in [9.17, 15) is 31.1 Å². The maximum atomic E-state index is 13.1. The molecule has 12 heteroatoms. The van der Waals surface area contributed by atoms with Crippen molar-refractivity contribution in [3.05, 3.63) is 123 Å². The van der Waals surface area contributed by atoms with Gasteiger partial charge in [0.05, 0.1) is 0 Å². The van der Waals surface area contributed by atoms with Crippen molar-refractivity contribution in [2.45, 2.75) is 42.8 Å². The molecule has 0 fully saturated rings. The predicted octanol–water partition coefficient (Wildman–Crippen LogP) is 9.67. The summed E-state index contributed by atoms with van der Waals surface area (Å²) < 4.78 is 85.6. The number of halogens is 6. The summed E-state index contributed by atoms with van der Waals surface area (Å²) in [6.45, 7) is 3.26. The van der Waals surface area contributed by atoms with Crippen molar-refractivity contribution in [2.75, 3.05) is 6.61 Å². The Kier molecular flexibility index (Phi) is 10.2. The van der Waals surface area contributed by atoms with Crippen molar-refractivity contribution in [2.24, 2.45) is 0 Å². The molecule has 0 aliphatic rings. The summed E-state index contributed by atoms with van der Waals surface area (Å²) >= 11 is 1.32. The monoisotopic (exact) mass is 735 g/mol. The molecule has 0 saturated carbocycles. The van der Waals surface area contributed by atoms with Crippen LogP contribution in [-0.4, -0.2) is 37.2 Å². The zero-order valence-electron chi connectivity index (χ0n) is 24.9. The number of hydrogen-bond donors (Lipinski definition) is 1. The number of carboxylic acid groups (broad SMARTS) is 1. The Morgan fingerprint density at radius 2 is 1.34 bits per heavy atom. The van der Waals surface area contributed by atoms with Gasteiger partial charge in [-0.2, -0.15) is 13.2 Å². The summed E-state index contributed by atoms with van der Waals surface area (Å²) in [7, 11) is 0. The van der Waals surface area contributed by atoms with Crippen LogP contribution in [0.2, 0.25) is 0 Å². The Bertz CT molecular complexity index is 1850. The number of ether oxygens (including phenoxy) is 1. The van der Waals surface area contributed by atoms with E-state index >= 15 is 0 Å². The van der Waals surface area contributed by atoms with E-state index in [-0.39, 0.29) is 19.8 Å². The van der Waals surface area contributed by atoms with Gasteiger partial charge in [-0.15, -0.1) is 0 Å². The molecule has 0 aliphatic carbocycles. The quantitative estimate of drug-likeness (QED) is 0.0880. The van der Waals surface area contributed by atoms with Crippen LogP contribution in [0.3, 0.4) is 0 Å². The molecule has 1 aromatic heterocycles. The number of nitrogens with zero attached hydrogens (tertiary/aromatic N) is 1. The summed E-state index contributed by atoms with van der Waals surface area (Å²) in [6.07, 6.45) is -8.26. The number of carbonyl (C=O) groups is 1. The average molecular weight is 735 g/mol. The van der Waals surface area contributed by atoms with E-state index in [1.54, 1.807) is 17.8 Å². The Morgan fingerprint density at radius 3 is 1.85 bits per heavy atom. The van der Waals surface area contributed by atoms with Crippen molar-refractivity contribution >= 4 is 32.2 Å². The van der Waals surface area contributed by atoms with Crippen molar-refractivity contribution in [1.29, 1.82) is 0 Å². The number of aliphatic carboxylic acids is 1. The fourth-order valence-electron chi connectivity index (χ4n) is 4.88. The van der Waals surface area contributed by atoms with Crippen molar-refractivity contribution < 1.29 is 41.0 Å². The van der Waals surface area contributed by atoms with Gasteiger partial charge in [-0.1, -0.05) is 0 Å². The minimum atomic E-state index is -4.43. The summed E-state index contributed by atoms with van der Waals surface area (Å²) in [4.78, 5) is 16.6. The van der Waals surface area contributed by atoms with Gasteiger partial charge >= 0.3 is 265 Å². The van der Waals surface area contributed by atoms with Crippen LogP contribution in [0.15, 0.2) is 95.9 Å². The third kappa shape index (κ3) is 8.68. The van der Waals surface area contributed by atoms with Crippen LogP contribution in [0, 0.1) is 13.8 Å². The van der Waals surface area contributed by atoms with Crippen molar-refractivity contribution in [1.82, 2.24) is 4.98 Å². The topological polar surface area (TPSA) is 59.4 Å². The van der Waals surface area contributed by atoms with Crippen molar-refractivity contribution in [3.63, 3.8) is 0 Å². The average Bonchev–Trinajstić information content (AvgIpc) is 3.41. The molecule has 5 aromatic rings. The maximum absolute atomic E-state index is 13.1. The van der Waals surface area contributed by atoms with E-state index in [0.29, 0.717) is 23.3 Å². The molecule has 1 unspecified atom stereocenters.